The summed E-state index contributed by atoms with van der Waals surface area (Å²) in [6.45, 7) is 5.00. The van der Waals surface area contributed by atoms with Gasteiger partial charge in [0.15, 0.2) is 5.78 Å². The molecule has 2 N–H and O–H groups in total. The van der Waals surface area contributed by atoms with Crippen LogP contribution < -0.4 is 5.73 Å². The molecule has 0 aliphatic carbocycles. The quantitative estimate of drug-likeness (QED) is 0.894. The number of Topliss-reactive ketones (excluding diaryl/α,β-unsaturated/α-hetero) is 1. The van der Waals surface area contributed by atoms with Crippen LogP contribution in [-0.2, 0) is 14.9 Å². The summed E-state index contributed by atoms with van der Waals surface area (Å²) in [5, 5.41) is 9.44. The molecule has 0 saturated carbocycles. The fourth-order valence-electron chi connectivity index (χ4n) is 2.82. The molecule has 1 heterocycles. The van der Waals surface area contributed by atoms with E-state index in [4.69, 9.17) is 10.5 Å². The number of nitrogens with zero attached hydrogens (tertiary/aromatic N) is 1. The number of allylic oxidation sites excluding steroid dienone is 3. The van der Waals surface area contributed by atoms with Gasteiger partial charge < -0.3 is 10.5 Å². The number of nitriles is 1. The number of rotatable bonds is 2. The van der Waals surface area contributed by atoms with Crippen molar-refractivity contribution in [2.75, 3.05) is 0 Å². The summed E-state index contributed by atoms with van der Waals surface area (Å²) < 4.78 is 5.37. The Balaban J connectivity index is 2.80. The molecule has 1 aliphatic heterocycles. The second-order valence-corrected chi connectivity index (χ2v) is 4.93. The first-order valence-corrected chi connectivity index (χ1v) is 6.29. The van der Waals surface area contributed by atoms with Crippen molar-refractivity contribution in [2.24, 2.45) is 5.73 Å². The van der Waals surface area contributed by atoms with E-state index in [0.29, 0.717) is 11.3 Å². The van der Waals surface area contributed by atoms with E-state index in [1.54, 1.807) is 6.92 Å². The minimum absolute atomic E-state index is 0.0568. The molecule has 0 aromatic heterocycles. The zero-order valence-electron chi connectivity index (χ0n) is 11.7. The van der Waals surface area contributed by atoms with Crippen molar-refractivity contribution in [2.45, 2.75) is 26.2 Å². The first-order chi connectivity index (χ1) is 9.42. The van der Waals surface area contributed by atoms with Crippen molar-refractivity contribution in [3.8, 4) is 6.07 Å². The van der Waals surface area contributed by atoms with Crippen LogP contribution in [0.4, 0.5) is 0 Å². The predicted octanol–water partition coefficient (Wildman–Crippen LogP) is 2.53. The van der Waals surface area contributed by atoms with Crippen LogP contribution in [0.1, 0.15) is 26.3 Å². The summed E-state index contributed by atoms with van der Waals surface area (Å²) in [7, 11) is 0. The summed E-state index contributed by atoms with van der Waals surface area (Å²) in [6.07, 6.45) is 0. The lowest BCUT2D eigenvalue weighted by Crippen LogP contribution is -2.37. The molecule has 0 unspecified atom stereocenters. The van der Waals surface area contributed by atoms with Gasteiger partial charge in [0.05, 0.1) is 5.41 Å². The molecule has 0 bridgehead atoms. The predicted molar refractivity (Wildman–Crippen MR) is 75.1 cm³/mol. The number of carbonyl (C=O) groups is 1. The molecule has 1 atom stereocenters. The number of carbonyl (C=O) groups excluding carboxylic acids is 1. The monoisotopic (exact) mass is 268 g/mol. The number of benzene rings is 1. The van der Waals surface area contributed by atoms with E-state index in [1.807, 2.05) is 37.3 Å². The average Bonchev–Trinajstić information content (AvgIpc) is 2.39. The van der Waals surface area contributed by atoms with Gasteiger partial charge in [-0.2, -0.15) is 5.26 Å². The second kappa shape index (κ2) is 4.86. The fourth-order valence-corrected chi connectivity index (χ4v) is 2.82. The average molecular weight is 268 g/mol. The van der Waals surface area contributed by atoms with Gasteiger partial charge in [0, 0.05) is 5.57 Å². The lowest BCUT2D eigenvalue weighted by atomic mass is 9.68. The zero-order valence-corrected chi connectivity index (χ0v) is 11.7. The highest BCUT2D eigenvalue weighted by molar-refractivity contribution is 5.98. The van der Waals surface area contributed by atoms with Crippen LogP contribution in [0.25, 0.3) is 0 Å². The zero-order chi connectivity index (χ0) is 14.9. The Morgan fingerprint density at radius 2 is 1.95 bits per heavy atom. The van der Waals surface area contributed by atoms with Crippen molar-refractivity contribution in [1.29, 1.82) is 5.26 Å². The Labute approximate surface area is 118 Å². The molecule has 0 spiro atoms. The van der Waals surface area contributed by atoms with Crippen molar-refractivity contribution >= 4 is 5.78 Å². The Morgan fingerprint density at radius 3 is 2.45 bits per heavy atom. The Bertz CT molecular complexity index is 665. The summed E-state index contributed by atoms with van der Waals surface area (Å²) in [4.78, 5) is 12.1. The summed E-state index contributed by atoms with van der Waals surface area (Å²) in [5.74, 6) is 0.371. The Kier molecular flexibility index (Phi) is 3.37. The van der Waals surface area contributed by atoms with Crippen LogP contribution in [0.15, 0.2) is 53.1 Å². The third-order valence-corrected chi connectivity index (χ3v) is 3.68. The first-order valence-electron chi connectivity index (χ1n) is 6.29. The molecule has 1 aromatic carbocycles. The lowest BCUT2D eigenvalue weighted by molar-refractivity contribution is -0.114. The number of hydrogen-bond donors (Lipinski definition) is 1. The van der Waals surface area contributed by atoms with Crippen LogP contribution in [0.5, 0.6) is 0 Å². The topological polar surface area (TPSA) is 76.1 Å². The van der Waals surface area contributed by atoms with Crippen LogP contribution in [0, 0.1) is 11.3 Å². The van der Waals surface area contributed by atoms with E-state index in [0.717, 1.165) is 5.56 Å². The van der Waals surface area contributed by atoms with Crippen LogP contribution in [0.2, 0.25) is 0 Å². The maximum absolute atomic E-state index is 12.1. The van der Waals surface area contributed by atoms with Crippen LogP contribution >= 0.6 is 0 Å². The normalized spacial score (nSPS) is 22.3. The van der Waals surface area contributed by atoms with Gasteiger partial charge in [-0.05, 0) is 26.3 Å². The van der Waals surface area contributed by atoms with E-state index in [1.165, 1.54) is 6.92 Å². The summed E-state index contributed by atoms with van der Waals surface area (Å²) >= 11 is 0. The van der Waals surface area contributed by atoms with Gasteiger partial charge in [0.25, 0.3) is 0 Å². The number of ether oxygens (including phenoxy) is 1. The van der Waals surface area contributed by atoms with Crippen molar-refractivity contribution in [3.63, 3.8) is 0 Å². The number of hydrogen-bond acceptors (Lipinski definition) is 4. The van der Waals surface area contributed by atoms with E-state index >= 15 is 0 Å². The molecular weight excluding hydrogens is 252 g/mol. The molecule has 0 radical (unpaired) electrons. The SMILES string of the molecule is CC(=O)C1=C(C)OC(N)=C(C#N)[C@@]1(C)c1ccccc1. The standard InChI is InChI=1S/C16H16N2O2/c1-10(19)14-11(2)20-15(18)13(9-17)16(14,3)12-7-5-4-6-8-12/h4-8H,18H2,1-3H3/t16-/m1/s1. The summed E-state index contributed by atoms with van der Waals surface area (Å²) in [6, 6.07) is 11.5. The maximum atomic E-state index is 12.1. The van der Waals surface area contributed by atoms with Gasteiger partial charge >= 0.3 is 0 Å². The molecule has 1 aromatic rings. The first kappa shape index (κ1) is 13.9. The molecule has 0 saturated heterocycles. The lowest BCUT2D eigenvalue weighted by Gasteiger charge is -2.36. The van der Waals surface area contributed by atoms with Gasteiger partial charge in [-0.3, -0.25) is 4.79 Å². The summed E-state index contributed by atoms with van der Waals surface area (Å²) in [5.41, 5.74) is 6.53. The van der Waals surface area contributed by atoms with Gasteiger partial charge in [-0.25, -0.2) is 0 Å². The van der Waals surface area contributed by atoms with E-state index in [2.05, 4.69) is 6.07 Å². The molecule has 102 valence electrons. The van der Waals surface area contributed by atoms with Crippen molar-refractivity contribution in [3.05, 3.63) is 58.7 Å². The Morgan fingerprint density at radius 1 is 1.35 bits per heavy atom. The molecule has 4 nitrogen and oxygen atoms in total. The van der Waals surface area contributed by atoms with E-state index < -0.39 is 5.41 Å². The van der Waals surface area contributed by atoms with Gasteiger partial charge in [0.2, 0.25) is 5.88 Å². The maximum Gasteiger partial charge on any atom is 0.205 e. The smallest absolute Gasteiger partial charge is 0.205 e. The number of nitrogens with two attached hydrogens (primary N) is 1. The fraction of sp³-hybridized carbons (Fsp3) is 0.250. The van der Waals surface area contributed by atoms with E-state index in [9.17, 15) is 10.1 Å². The molecular formula is C16H16N2O2. The highest BCUT2D eigenvalue weighted by Gasteiger charge is 2.44. The minimum Gasteiger partial charge on any atom is -0.445 e. The molecule has 4 heteroatoms. The molecule has 1 aliphatic rings. The minimum atomic E-state index is -0.881. The largest absolute Gasteiger partial charge is 0.445 e. The van der Waals surface area contributed by atoms with Crippen molar-refractivity contribution in [1.82, 2.24) is 0 Å². The molecule has 0 fully saturated rings. The highest BCUT2D eigenvalue weighted by atomic mass is 16.5. The molecule has 2 rings (SSSR count). The number of ketones is 1. The third kappa shape index (κ3) is 1.88. The van der Waals surface area contributed by atoms with Gasteiger partial charge in [0.1, 0.15) is 17.4 Å². The van der Waals surface area contributed by atoms with Crippen LogP contribution in [0.3, 0.4) is 0 Å². The second-order valence-electron chi connectivity index (χ2n) is 4.93. The van der Waals surface area contributed by atoms with Gasteiger partial charge in [-0.1, -0.05) is 30.3 Å². The molecule has 0 amide bonds. The molecule has 20 heavy (non-hydrogen) atoms. The van der Waals surface area contributed by atoms with Gasteiger partial charge in [-0.15, -0.1) is 0 Å². The Hall–Kier alpha value is -2.54. The third-order valence-electron chi connectivity index (χ3n) is 3.68. The van der Waals surface area contributed by atoms with Crippen LogP contribution in [-0.4, -0.2) is 5.78 Å². The van der Waals surface area contributed by atoms with Crippen molar-refractivity contribution < 1.29 is 9.53 Å². The van der Waals surface area contributed by atoms with E-state index in [-0.39, 0.29) is 17.2 Å². The highest BCUT2D eigenvalue weighted by Crippen LogP contribution is 2.44.